The highest BCUT2D eigenvalue weighted by atomic mass is 35.5. The minimum atomic E-state index is -0.402. The number of hydrogen-bond donors (Lipinski definition) is 0. The van der Waals surface area contributed by atoms with Crippen molar-refractivity contribution in [3.63, 3.8) is 0 Å². The van der Waals surface area contributed by atoms with Gasteiger partial charge >= 0.3 is 6.09 Å². The lowest BCUT2D eigenvalue weighted by atomic mass is 9.87. The summed E-state index contributed by atoms with van der Waals surface area (Å²) in [5, 5.41) is 1.05. The van der Waals surface area contributed by atoms with Crippen molar-refractivity contribution in [2.75, 3.05) is 18.6 Å². The van der Waals surface area contributed by atoms with E-state index in [0.717, 1.165) is 5.56 Å². The first kappa shape index (κ1) is 12.5. The predicted octanol–water partition coefficient (Wildman–Crippen LogP) is 3.86. The van der Waals surface area contributed by atoms with E-state index in [2.05, 4.69) is 0 Å². The highest BCUT2D eigenvalue weighted by molar-refractivity contribution is 6.37. The van der Waals surface area contributed by atoms with Crippen LogP contribution in [0, 0.1) is 0 Å². The van der Waals surface area contributed by atoms with Crippen LogP contribution in [0.1, 0.15) is 19.4 Å². The zero-order valence-electron chi connectivity index (χ0n) is 9.88. The van der Waals surface area contributed by atoms with Crippen molar-refractivity contribution >= 4 is 35.0 Å². The van der Waals surface area contributed by atoms with Crippen molar-refractivity contribution in [1.82, 2.24) is 0 Å². The summed E-state index contributed by atoms with van der Waals surface area (Å²) in [7, 11) is 1.36. The van der Waals surface area contributed by atoms with Gasteiger partial charge in [-0.3, -0.25) is 4.90 Å². The SMILES string of the molecule is COC(=O)N1CC(C)(C)c2cc(Cl)cc(Cl)c21. The molecule has 1 aliphatic heterocycles. The molecular weight excluding hydrogens is 261 g/mol. The van der Waals surface area contributed by atoms with Crippen molar-refractivity contribution in [3.05, 3.63) is 27.7 Å². The number of amides is 1. The number of carbonyl (C=O) groups is 1. The van der Waals surface area contributed by atoms with Gasteiger partial charge in [-0.05, 0) is 17.7 Å². The maximum absolute atomic E-state index is 11.7. The fourth-order valence-electron chi connectivity index (χ4n) is 2.18. The molecule has 0 atom stereocenters. The smallest absolute Gasteiger partial charge is 0.414 e. The zero-order valence-corrected chi connectivity index (χ0v) is 11.4. The van der Waals surface area contributed by atoms with Crippen molar-refractivity contribution in [3.8, 4) is 0 Å². The number of hydrogen-bond acceptors (Lipinski definition) is 2. The number of fused-ring (bicyclic) bond motifs is 1. The average molecular weight is 274 g/mol. The first-order chi connectivity index (χ1) is 7.86. The van der Waals surface area contributed by atoms with Crippen LogP contribution in [-0.2, 0) is 10.2 Å². The van der Waals surface area contributed by atoms with Crippen molar-refractivity contribution in [2.24, 2.45) is 0 Å². The molecule has 5 heteroatoms. The van der Waals surface area contributed by atoms with E-state index in [1.807, 2.05) is 19.9 Å². The third-order valence-corrected chi connectivity index (χ3v) is 3.48. The Labute approximate surface area is 110 Å². The van der Waals surface area contributed by atoms with Gasteiger partial charge < -0.3 is 4.74 Å². The molecule has 0 radical (unpaired) electrons. The summed E-state index contributed by atoms with van der Waals surface area (Å²) in [4.78, 5) is 13.3. The minimum Gasteiger partial charge on any atom is -0.452 e. The molecule has 92 valence electrons. The van der Waals surface area contributed by atoms with E-state index < -0.39 is 6.09 Å². The minimum absolute atomic E-state index is 0.182. The van der Waals surface area contributed by atoms with Crippen LogP contribution in [-0.4, -0.2) is 19.7 Å². The second kappa shape index (κ2) is 4.07. The maximum atomic E-state index is 11.7. The van der Waals surface area contributed by atoms with Crippen LogP contribution in [0.25, 0.3) is 0 Å². The summed E-state index contributed by atoms with van der Waals surface area (Å²) in [6.45, 7) is 4.62. The van der Waals surface area contributed by atoms with Gasteiger partial charge in [0.25, 0.3) is 0 Å². The first-order valence-corrected chi connectivity index (χ1v) is 5.97. The predicted molar refractivity (Wildman–Crippen MR) is 69.2 cm³/mol. The number of nitrogens with zero attached hydrogens (tertiary/aromatic N) is 1. The Morgan fingerprint density at radius 2 is 2.06 bits per heavy atom. The Hall–Kier alpha value is -0.930. The lowest BCUT2D eigenvalue weighted by Crippen LogP contribution is -2.33. The number of halogens is 2. The van der Waals surface area contributed by atoms with Crippen LogP contribution in [0.3, 0.4) is 0 Å². The Kier molecular flexibility index (Phi) is 3.00. The molecule has 3 nitrogen and oxygen atoms in total. The fraction of sp³-hybridized carbons (Fsp3) is 0.417. The standard InChI is InChI=1S/C12H13Cl2NO2/c1-12(2)6-15(11(16)17-3)10-8(12)4-7(13)5-9(10)14/h4-5H,6H2,1-3H3. The monoisotopic (exact) mass is 273 g/mol. The molecule has 0 fully saturated rings. The lowest BCUT2D eigenvalue weighted by molar-refractivity contribution is 0.178. The molecule has 0 saturated heterocycles. The van der Waals surface area contributed by atoms with E-state index in [9.17, 15) is 4.79 Å². The molecule has 17 heavy (non-hydrogen) atoms. The fourth-order valence-corrected chi connectivity index (χ4v) is 2.78. The quantitative estimate of drug-likeness (QED) is 0.719. The highest BCUT2D eigenvalue weighted by Crippen LogP contribution is 2.46. The number of ether oxygens (including phenoxy) is 1. The molecule has 0 unspecified atom stereocenters. The van der Waals surface area contributed by atoms with E-state index >= 15 is 0 Å². The third-order valence-electron chi connectivity index (χ3n) is 2.98. The van der Waals surface area contributed by atoms with Gasteiger partial charge in [0.1, 0.15) is 0 Å². The van der Waals surface area contributed by atoms with Crippen LogP contribution in [0.5, 0.6) is 0 Å². The molecule has 0 N–H and O–H groups in total. The van der Waals surface area contributed by atoms with E-state index in [-0.39, 0.29) is 5.41 Å². The number of benzene rings is 1. The summed E-state index contributed by atoms with van der Waals surface area (Å²) in [5.74, 6) is 0. The van der Waals surface area contributed by atoms with Gasteiger partial charge in [-0.2, -0.15) is 0 Å². The molecule has 0 spiro atoms. The van der Waals surface area contributed by atoms with Crippen LogP contribution < -0.4 is 4.90 Å². The van der Waals surface area contributed by atoms with E-state index in [4.69, 9.17) is 27.9 Å². The van der Waals surface area contributed by atoms with Gasteiger partial charge in [0.15, 0.2) is 0 Å². The molecular formula is C12H13Cl2NO2. The van der Waals surface area contributed by atoms with Crippen LogP contribution in [0.15, 0.2) is 12.1 Å². The Morgan fingerprint density at radius 1 is 1.41 bits per heavy atom. The van der Waals surface area contributed by atoms with Gasteiger partial charge in [0, 0.05) is 17.0 Å². The molecule has 1 aromatic rings. The summed E-state index contributed by atoms with van der Waals surface area (Å²) in [5.41, 5.74) is 1.49. The maximum Gasteiger partial charge on any atom is 0.414 e. The van der Waals surface area contributed by atoms with Crippen LogP contribution in [0.2, 0.25) is 10.0 Å². The topological polar surface area (TPSA) is 29.5 Å². The second-order valence-electron chi connectivity index (χ2n) is 4.72. The highest BCUT2D eigenvalue weighted by Gasteiger charge is 2.40. The second-order valence-corrected chi connectivity index (χ2v) is 5.57. The van der Waals surface area contributed by atoms with Gasteiger partial charge in [-0.15, -0.1) is 0 Å². The van der Waals surface area contributed by atoms with E-state index in [0.29, 0.717) is 22.3 Å². The molecule has 2 rings (SSSR count). The Morgan fingerprint density at radius 3 is 2.65 bits per heavy atom. The first-order valence-electron chi connectivity index (χ1n) is 5.22. The number of rotatable bonds is 0. The van der Waals surface area contributed by atoms with Crippen LogP contribution >= 0.6 is 23.2 Å². The van der Waals surface area contributed by atoms with Crippen molar-refractivity contribution < 1.29 is 9.53 Å². The van der Waals surface area contributed by atoms with Gasteiger partial charge in [0.2, 0.25) is 0 Å². The third kappa shape index (κ3) is 1.98. The zero-order chi connectivity index (χ0) is 12.8. The molecule has 0 saturated carbocycles. The summed E-state index contributed by atoms with van der Waals surface area (Å²) < 4.78 is 4.76. The lowest BCUT2D eigenvalue weighted by Gasteiger charge is -2.19. The largest absolute Gasteiger partial charge is 0.452 e. The molecule has 1 amide bonds. The molecule has 0 aromatic heterocycles. The number of anilines is 1. The molecule has 1 heterocycles. The Bertz CT molecular complexity index is 486. The summed E-state index contributed by atoms with van der Waals surface area (Å²) >= 11 is 12.2. The van der Waals surface area contributed by atoms with Gasteiger partial charge in [-0.25, -0.2) is 4.79 Å². The van der Waals surface area contributed by atoms with Gasteiger partial charge in [0.05, 0.1) is 17.8 Å². The molecule has 0 bridgehead atoms. The molecule has 1 aromatic carbocycles. The Balaban J connectivity index is 2.61. The summed E-state index contributed by atoms with van der Waals surface area (Å²) in [6.07, 6.45) is -0.402. The van der Waals surface area contributed by atoms with E-state index in [1.54, 1.807) is 11.0 Å². The van der Waals surface area contributed by atoms with Crippen molar-refractivity contribution in [1.29, 1.82) is 0 Å². The van der Waals surface area contributed by atoms with Gasteiger partial charge in [-0.1, -0.05) is 37.0 Å². The normalized spacial score (nSPS) is 16.9. The van der Waals surface area contributed by atoms with Crippen LogP contribution in [0.4, 0.5) is 10.5 Å². The van der Waals surface area contributed by atoms with E-state index in [1.165, 1.54) is 7.11 Å². The van der Waals surface area contributed by atoms with Crippen molar-refractivity contribution in [2.45, 2.75) is 19.3 Å². The number of carbonyl (C=O) groups excluding carboxylic acids is 1. The molecule has 0 aliphatic carbocycles. The average Bonchev–Trinajstić information content (AvgIpc) is 2.50. The number of methoxy groups -OCH3 is 1. The molecule has 1 aliphatic rings. The summed E-state index contributed by atoms with van der Waals surface area (Å²) in [6, 6.07) is 3.49.